The molecule has 0 fully saturated rings. The Hall–Kier alpha value is -1.58. The van der Waals surface area contributed by atoms with E-state index < -0.39 is 11.9 Å². The molecule has 2 nitrogen and oxygen atoms in total. The monoisotopic (exact) mass is 308 g/mol. The third-order valence-electron chi connectivity index (χ3n) is 3.15. The summed E-state index contributed by atoms with van der Waals surface area (Å²) in [5.41, 5.74) is 1.48. The highest BCUT2D eigenvalue weighted by Crippen LogP contribution is 2.23. The van der Waals surface area contributed by atoms with Crippen molar-refractivity contribution >= 4 is 11.6 Å². The van der Waals surface area contributed by atoms with Gasteiger partial charge in [-0.3, -0.25) is 0 Å². The summed E-state index contributed by atoms with van der Waals surface area (Å²) in [6.45, 7) is 2.72. The lowest BCUT2D eigenvalue weighted by molar-refractivity contribution is 0.178. The molecule has 0 saturated carbocycles. The van der Waals surface area contributed by atoms with E-state index in [2.05, 4.69) is 0 Å². The SMILES string of the molecule is CCCOc1ccc(C(O)Cc2ccc(Cl)c(F)c2)cc1. The second kappa shape index (κ2) is 7.43. The van der Waals surface area contributed by atoms with Gasteiger partial charge < -0.3 is 9.84 Å². The molecule has 4 heteroatoms. The molecule has 1 N–H and O–H groups in total. The minimum atomic E-state index is -0.689. The number of aliphatic hydroxyl groups is 1. The summed E-state index contributed by atoms with van der Waals surface area (Å²) in [5, 5.41) is 10.3. The molecule has 0 aliphatic rings. The van der Waals surface area contributed by atoms with Crippen molar-refractivity contribution in [2.75, 3.05) is 6.61 Å². The highest BCUT2D eigenvalue weighted by Gasteiger charge is 2.10. The van der Waals surface area contributed by atoms with E-state index in [4.69, 9.17) is 16.3 Å². The zero-order valence-corrected chi connectivity index (χ0v) is 12.6. The quantitative estimate of drug-likeness (QED) is 0.848. The molecule has 0 aliphatic heterocycles. The van der Waals surface area contributed by atoms with E-state index in [1.807, 2.05) is 31.2 Å². The zero-order chi connectivity index (χ0) is 15.2. The Balaban J connectivity index is 2.02. The fourth-order valence-corrected chi connectivity index (χ4v) is 2.13. The first kappa shape index (κ1) is 15.8. The van der Waals surface area contributed by atoms with Gasteiger partial charge in [-0.2, -0.15) is 0 Å². The molecule has 0 spiro atoms. The average Bonchev–Trinajstić information content (AvgIpc) is 2.49. The summed E-state index contributed by atoms with van der Waals surface area (Å²) in [6.07, 6.45) is 0.598. The van der Waals surface area contributed by atoms with Gasteiger partial charge >= 0.3 is 0 Å². The number of hydrogen-bond donors (Lipinski definition) is 1. The zero-order valence-electron chi connectivity index (χ0n) is 11.9. The molecule has 0 aromatic heterocycles. The van der Waals surface area contributed by atoms with Crippen LogP contribution in [-0.2, 0) is 6.42 Å². The van der Waals surface area contributed by atoms with Crippen LogP contribution in [0, 0.1) is 5.82 Å². The first-order valence-corrected chi connectivity index (χ1v) is 7.32. The molecule has 1 atom stereocenters. The predicted molar refractivity (Wildman–Crippen MR) is 82.3 cm³/mol. The molecular formula is C17H18ClFO2. The summed E-state index contributed by atoms with van der Waals surface area (Å²) in [6, 6.07) is 11.9. The van der Waals surface area contributed by atoms with Crippen LogP contribution in [0.4, 0.5) is 4.39 Å². The van der Waals surface area contributed by atoms with Gasteiger partial charge in [-0.15, -0.1) is 0 Å². The van der Waals surface area contributed by atoms with Gasteiger partial charge in [0.15, 0.2) is 0 Å². The standard InChI is InChI=1S/C17H18ClFO2/c1-2-9-21-14-6-4-13(5-7-14)17(20)11-12-3-8-15(18)16(19)10-12/h3-8,10,17,20H,2,9,11H2,1H3. The number of ether oxygens (including phenoxy) is 1. The second-order valence-corrected chi connectivity index (χ2v) is 5.29. The van der Waals surface area contributed by atoms with E-state index in [0.717, 1.165) is 17.7 Å². The number of benzene rings is 2. The number of aliphatic hydroxyl groups excluding tert-OH is 1. The van der Waals surface area contributed by atoms with Crippen molar-refractivity contribution in [3.8, 4) is 5.75 Å². The second-order valence-electron chi connectivity index (χ2n) is 4.89. The van der Waals surface area contributed by atoms with E-state index in [9.17, 15) is 9.50 Å². The summed E-state index contributed by atoms with van der Waals surface area (Å²) < 4.78 is 18.9. The van der Waals surface area contributed by atoms with Gasteiger partial charge in [0.2, 0.25) is 0 Å². The van der Waals surface area contributed by atoms with Gasteiger partial charge in [-0.25, -0.2) is 4.39 Å². The Morgan fingerprint density at radius 3 is 2.52 bits per heavy atom. The molecular weight excluding hydrogens is 291 g/mol. The minimum absolute atomic E-state index is 0.0886. The van der Waals surface area contributed by atoms with E-state index in [-0.39, 0.29) is 5.02 Å². The maximum absolute atomic E-state index is 13.4. The molecule has 0 saturated heterocycles. The van der Waals surface area contributed by atoms with Crippen LogP contribution >= 0.6 is 11.6 Å². The Kier molecular flexibility index (Phi) is 5.59. The van der Waals surface area contributed by atoms with Gasteiger partial charge in [-0.1, -0.05) is 36.7 Å². The molecule has 0 radical (unpaired) electrons. The van der Waals surface area contributed by atoms with Crippen LogP contribution in [0.2, 0.25) is 5.02 Å². The van der Waals surface area contributed by atoms with Crippen LogP contribution < -0.4 is 4.74 Å². The number of halogens is 2. The Morgan fingerprint density at radius 2 is 1.90 bits per heavy atom. The molecule has 112 valence electrons. The molecule has 21 heavy (non-hydrogen) atoms. The molecule has 2 aromatic rings. The van der Waals surface area contributed by atoms with Crippen LogP contribution in [0.3, 0.4) is 0 Å². The van der Waals surface area contributed by atoms with Crippen molar-refractivity contribution < 1.29 is 14.2 Å². The number of hydrogen-bond acceptors (Lipinski definition) is 2. The van der Waals surface area contributed by atoms with Crippen molar-refractivity contribution in [2.45, 2.75) is 25.9 Å². The minimum Gasteiger partial charge on any atom is -0.494 e. The van der Waals surface area contributed by atoms with Gasteiger partial charge in [0.1, 0.15) is 11.6 Å². The van der Waals surface area contributed by atoms with E-state index in [0.29, 0.717) is 18.6 Å². The van der Waals surface area contributed by atoms with Crippen LogP contribution in [0.5, 0.6) is 5.75 Å². The predicted octanol–water partition coefficient (Wildman–Crippen LogP) is 4.54. The summed E-state index contributed by atoms with van der Waals surface area (Å²) in [5.74, 6) is 0.315. The topological polar surface area (TPSA) is 29.5 Å². The highest BCUT2D eigenvalue weighted by molar-refractivity contribution is 6.30. The van der Waals surface area contributed by atoms with E-state index in [1.165, 1.54) is 12.1 Å². The van der Waals surface area contributed by atoms with Gasteiger partial charge in [0.05, 0.1) is 17.7 Å². The molecule has 0 aliphatic carbocycles. The van der Waals surface area contributed by atoms with Crippen molar-refractivity contribution in [1.82, 2.24) is 0 Å². The summed E-state index contributed by atoms with van der Waals surface area (Å²) in [4.78, 5) is 0. The van der Waals surface area contributed by atoms with Crippen LogP contribution in [0.1, 0.15) is 30.6 Å². The average molecular weight is 309 g/mol. The Morgan fingerprint density at radius 1 is 1.19 bits per heavy atom. The van der Waals surface area contributed by atoms with Gasteiger partial charge in [-0.05, 0) is 41.8 Å². The fraction of sp³-hybridized carbons (Fsp3) is 0.294. The normalized spacial score (nSPS) is 12.2. The fourth-order valence-electron chi connectivity index (χ4n) is 2.01. The maximum Gasteiger partial charge on any atom is 0.142 e. The van der Waals surface area contributed by atoms with E-state index >= 15 is 0 Å². The van der Waals surface area contributed by atoms with Crippen LogP contribution in [0.25, 0.3) is 0 Å². The molecule has 1 unspecified atom stereocenters. The molecule has 2 aromatic carbocycles. The van der Waals surface area contributed by atoms with Crippen molar-refractivity contribution in [3.05, 3.63) is 64.4 Å². The summed E-state index contributed by atoms with van der Waals surface area (Å²) in [7, 11) is 0. The van der Waals surface area contributed by atoms with Crippen molar-refractivity contribution in [2.24, 2.45) is 0 Å². The lowest BCUT2D eigenvalue weighted by atomic mass is 10.0. The smallest absolute Gasteiger partial charge is 0.142 e. The highest BCUT2D eigenvalue weighted by atomic mass is 35.5. The third-order valence-corrected chi connectivity index (χ3v) is 3.46. The lowest BCUT2D eigenvalue weighted by Crippen LogP contribution is -2.02. The molecule has 0 amide bonds. The largest absolute Gasteiger partial charge is 0.494 e. The third kappa shape index (κ3) is 4.45. The van der Waals surface area contributed by atoms with Crippen molar-refractivity contribution in [1.29, 1.82) is 0 Å². The first-order valence-electron chi connectivity index (χ1n) is 6.95. The Labute approximate surface area is 129 Å². The maximum atomic E-state index is 13.4. The summed E-state index contributed by atoms with van der Waals surface area (Å²) >= 11 is 5.64. The Bertz CT molecular complexity index is 584. The number of rotatable bonds is 6. The van der Waals surface area contributed by atoms with Crippen LogP contribution in [0.15, 0.2) is 42.5 Å². The van der Waals surface area contributed by atoms with E-state index in [1.54, 1.807) is 6.07 Å². The molecule has 0 heterocycles. The van der Waals surface area contributed by atoms with Crippen molar-refractivity contribution in [3.63, 3.8) is 0 Å². The van der Waals surface area contributed by atoms with Gasteiger partial charge in [0.25, 0.3) is 0 Å². The van der Waals surface area contributed by atoms with Crippen LogP contribution in [-0.4, -0.2) is 11.7 Å². The lowest BCUT2D eigenvalue weighted by Gasteiger charge is -2.12. The van der Waals surface area contributed by atoms with Gasteiger partial charge in [0, 0.05) is 6.42 Å². The first-order chi connectivity index (χ1) is 10.1. The molecule has 0 bridgehead atoms. The molecule has 2 rings (SSSR count).